The van der Waals surface area contributed by atoms with Gasteiger partial charge in [-0.05, 0) is 37.6 Å². The molecule has 0 saturated heterocycles. The maximum atomic E-state index is 12.4. The second kappa shape index (κ2) is 10.8. The molecule has 2 amide bonds. The number of unbranched alkanes of at least 4 members (excludes halogenated alkanes) is 1. The van der Waals surface area contributed by atoms with Crippen LogP contribution in [0.4, 0.5) is 0 Å². The highest BCUT2D eigenvalue weighted by molar-refractivity contribution is 6.34. The van der Waals surface area contributed by atoms with Crippen molar-refractivity contribution in [3.63, 3.8) is 0 Å². The maximum Gasteiger partial charge on any atom is 0.271 e. The average Bonchev–Trinajstić information content (AvgIpc) is 2.68. The van der Waals surface area contributed by atoms with Gasteiger partial charge in [0, 0.05) is 5.56 Å². The highest BCUT2D eigenvalue weighted by atomic mass is 35.5. The Kier molecular flexibility index (Phi) is 8.42. The average molecular weight is 425 g/mol. The lowest BCUT2D eigenvalue weighted by Crippen LogP contribution is -2.41. The Hall–Kier alpha value is -2.44. The van der Waals surface area contributed by atoms with Gasteiger partial charge in [0.15, 0.2) is 11.5 Å². The van der Waals surface area contributed by atoms with Crippen LogP contribution >= 0.6 is 23.2 Å². The predicted octanol–water partition coefficient (Wildman–Crippen LogP) is 4.65. The molecule has 0 radical (unpaired) electrons. The summed E-state index contributed by atoms with van der Waals surface area (Å²) in [5.74, 6) is -0.319. The molecule has 0 saturated carbocycles. The fourth-order valence-corrected chi connectivity index (χ4v) is 2.81. The van der Waals surface area contributed by atoms with Gasteiger partial charge in [0.2, 0.25) is 0 Å². The summed E-state index contributed by atoms with van der Waals surface area (Å²) in [6.07, 6.45) is 1.85. The number of hydrogen-bond acceptors (Lipinski definition) is 4. The molecule has 0 spiro atoms. The molecule has 0 aromatic heterocycles. The topological polar surface area (TPSA) is 76.7 Å². The molecule has 150 valence electrons. The van der Waals surface area contributed by atoms with Crippen molar-refractivity contribution in [3.8, 4) is 11.5 Å². The number of hydrogen-bond donors (Lipinski definition) is 2. The van der Waals surface area contributed by atoms with Crippen LogP contribution in [0.3, 0.4) is 0 Å². The van der Waals surface area contributed by atoms with Crippen molar-refractivity contribution in [1.82, 2.24) is 10.9 Å². The Bertz CT molecular complexity index is 843. The third-order valence-corrected chi connectivity index (χ3v) is 4.33. The van der Waals surface area contributed by atoms with Gasteiger partial charge in [0.25, 0.3) is 11.8 Å². The number of carbonyl (C=O) groups excluding carboxylic acids is 2. The molecule has 6 nitrogen and oxygen atoms in total. The molecule has 0 unspecified atom stereocenters. The number of halogens is 2. The van der Waals surface area contributed by atoms with E-state index in [-0.39, 0.29) is 21.2 Å². The molecular formula is C20H22Cl2N2O4. The van der Waals surface area contributed by atoms with Crippen molar-refractivity contribution in [1.29, 1.82) is 0 Å². The van der Waals surface area contributed by atoms with Gasteiger partial charge < -0.3 is 9.47 Å². The summed E-state index contributed by atoms with van der Waals surface area (Å²) in [6, 6.07) is 9.50. The van der Waals surface area contributed by atoms with Crippen LogP contribution in [0.15, 0.2) is 36.4 Å². The molecule has 0 heterocycles. The molecule has 2 N–H and O–H groups in total. The van der Waals surface area contributed by atoms with Crippen molar-refractivity contribution in [2.45, 2.75) is 26.7 Å². The van der Waals surface area contributed by atoms with Crippen LogP contribution in [-0.4, -0.2) is 25.0 Å². The Morgan fingerprint density at radius 2 is 1.68 bits per heavy atom. The number of ether oxygens (including phenoxy) is 2. The molecule has 2 aromatic carbocycles. The second-order valence-electron chi connectivity index (χ2n) is 5.81. The Balaban J connectivity index is 2.12. The molecule has 0 aliphatic rings. The van der Waals surface area contributed by atoms with Crippen molar-refractivity contribution in [2.24, 2.45) is 0 Å². The summed E-state index contributed by atoms with van der Waals surface area (Å²) in [7, 11) is 0. The normalized spacial score (nSPS) is 10.3. The lowest BCUT2D eigenvalue weighted by atomic mass is 10.2. The molecule has 8 heteroatoms. The Morgan fingerprint density at radius 1 is 0.964 bits per heavy atom. The van der Waals surface area contributed by atoms with Gasteiger partial charge in [-0.1, -0.05) is 48.7 Å². The summed E-state index contributed by atoms with van der Waals surface area (Å²) in [6.45, 7) is 4.75. The molecule has 0 fully saturated rings. The van der Waals surface area contributed by atoms with E-state index in [1.54, 1.807) is 24.3 Å². The summed E-state index contributed by atoms with van der Waals surface area (Å²) >= 11 is 12.3. The lowest BCUT2D eigenvalue weighted by Gasteiger charge is -2.15. The summed E-state index contributed by atoms with van der Waals surface area (Å²) < 4.78 is 11.2. The number of benzene rings is 2. The minimum Gasteiger partial charge on any atom is -0.490 e. The van der Waals surface area contributed by atoms with E-state index in [0.717, 1.165) is 12.8 Å². The van der Waals surface area contributed by atoms with Crippen molar-refractivity contribution < 1.29 is 19.1 Å². The highest BCUT2D eigenvalue weighted by Crippen LogP contribution is 2.36. The van der Waals surface area contributed by atoms with Crippen LogP contribution in [0.25, 0.3) is 0 Å². The first-order chi connectivity index (χ1) is 13.5. The molecule has 0 aliphatic heterocycles. The standard InChI is InChI=1S/C20H22Cl2N2O4/c1-3-5-10-28-18-16(22)11-13(12-17(18)27-4-2)19(25)23-24-20(26)14-8-6-7-9-15(14)21/h6-9,11-12H,3-5,10H2,1-2H3,(H,23,25)(H,24,26). The number of hydrazine groups is 1. The number of rotatable bonds is 8. The second-order valence-corrected chi connectivity index (χ2v) is 6.62. The van der Waals surface area contributed by atoms with E-state index in [1.807, 2.05) is 6.92 Å². The van der Waals surface area contributed by atoms with Gasteiger partial charge in [-0.15, -0.1) is 0 Å². The molecule has 0 bridgehead atoms. The van der Waals surface area contributed by atoms with Crippen LogP contribution in [0, 0.1) is 0 Å². The molecule has 0 aliphatic carbocycles. The van der Waals surface area contributed by atoms with Gasteiger partial charge in [0.05, 0.1) is 28.8 Å². The first-order valence-corrected chi connectivity index (χ1v) is 9.67. The Morgan fingerprint density at radius 3 is 2.36 bits per heavy atom. The number of nitrogens with one attached hydrogen (secondary N) is 2. The molecular weight excluding hydrogens is 403 g/mol. The van der Waals surface area contributed by atoms with E-state index in [1.165, 1.54) is 12.1 Å². The van der Waals surface area contributed by atoms with Gasteiger partial charge in [-0.2, -0.15) is 0 Å². The van der Waals surface area contributed by atoms with Crippen LogP contribution < -0.4 is 20.3 Å². The fraction of sp³-hybridized carbons (Fsp3) is 0.300. The zero-order valence-electron chi connectivity index (χ0n) is 15.7. The molecule has 0 atom stereocenters. The van der Waals surface area contributed by atoms with Crippen molar-refractivity contribution in [2.75, 3.05) is 13.2 Å². The molecule has 28 heavy (non-hydrogen) atoms. The number of carbonyl (C=O) groups is 2. The van der Waals surface area contributed by atoms with Gasteiger partial charge in [-0.3, -0.25) is 20.4 Å². The van der Waals surface area contributed by atoms with Gasteiger partial charge in [-0.25, -0.2) is 0 Å². The van der Waals surface area contributed by atoms with Crippen LogP contribution in [0.5, 0.6) is 11.5 Å². The maximum absolute atomic E-state index is 12.4. The van der Waals surface area contributed by atoms with Gasteiger partial charge in [0.1, 0.15) is 0 Å². The van der Waals surface area contributed by atoms with Crippen LogP contribution in [0.2, 0.25) is 10.0 Å². The fourth-order valence-electron chi connectivity index (χ4n) is 2.32. The first-order valence-electron chi connectivity index (χ1n) is 8.92. The van der Waals surface area contributed by atoms with E-state index < -0.39 is 11.8 Å². The van der Waals surface area contributed by atoms with Crippen molar-refractivity contribution in [3.05, 3.63) is 57.6 Å². The van der Waals surface area contributed by atoms with E-state index in [4.69, 9.17) is 32.7 Å². The quantitative estimate of drug-likeness (QED) is 0.477. The molecule has 2 aromatic rings. The first kappa shape index (κ1) is 21.9. The minimum absolute atomic E-state index is 0.218. The summed E-state index contributed by atoms with van der Waals surface area (Å²) in [5, 5.41) is 0.536. The largest absolute Gasteiger partial charge is 0.490 e. The van der Waals surface area contributed by atoms with Crippen LogP contribution in [-0.2, 0) is 0 Å². The van der Waals surface area contributed by atoms with Gasteiger partial charge >= 0.3 is 0 Å². The minimum atomic E-state index is -0.552. The SMILES string of the molecule is CCCCOc1c(Cl)cc(C(=O)NNC(=O)c2ccccc2Cl)cc1OCC. The van der Waals surface area contributed by atoms with E-state index in [0.29, 0.717) is 24.7 Å². The van der Waals surface area contributed by atoms with Crippen molar-refractivity contribution >= 4 is 35.0 Å². The Labute approximate surface area is 174 Å². The zero-order valence-corrected chi connectivity index (χ0v) is 17.2. The van der Waals surface area contributed by atoms with E-state index in [2.05, 4.69) is 17.8 Å². The summed E-state index contributed by atoms with van der Waals surface area (Å²) in [4.78, 5) is 24.6. The van der Waals surface area contributed by atoms with E-state index in [9.17, 15) is 9.59 Å². The molecule has 2 rings (SSSR count). The number of amides is 2. The zero-order chi connectivity index (χ0) is 20.5. The summed E-state index contributed by atoms with van der Waals surface area (Å²) in [5.41, 5.74) is 5.13. The smallest absolute Gasteiger partial charge is 0.271 e. The third kappa shape index (κ3) is 5.78. The lowest BCUT2D eigenvalue weighted by molar-refractivity contribution is 0.0846. The van der Waals surface area contributed by atoms with Crippen LogP contribution in [0.1, 0.15) is 47.4 Å². The van der Waals surface area contributed by atoms with E-state index >= 15 is 0 Å². The monoisotopic (exact) mass is 424 g/mol. The predicted molar refractivity (Wildman–Crippen MR) is 109 cm³/mol. The third-order valence-electron chi connectivity index (χ3n) is 3.72. The highest BCUT2D eigenvalue weighted by Gasteiger charge is 2.17.